The van der Waals surface area contributed by atoms with Crippen molar-refractivity contribution >= 4 is 11.3 Å². The van der Waals surface area contributed by atoms with Crippen LogP contribution in [0, 0.1) is 6.92 Å². The van der Waals surface area contributed by atoms with Crippen molar-refractivity contribution in [2.75, 3.05) is 13.1 Å². The largest absolute Gasteiger partial charge is 0.314 e. The van der Waals surface area contributed by atoms with Crippen LogP contribution >= 0.6 is 11.3 Å². The van der Waals surface area contributed by atoms with Crippen molar-refractivity contribution in [1.29, 1.82) is 0 Å². The Bertz CT molecular complexity index is 313. The van der Waals surface area contributed by atoms with Crippen LogP contribution in [0.1, 0.15) is 24.5 Å². The maximum Gasteiger partial charge on any atom is 0.107 e. The molecule has 2 heterocycles. The summed E-state index contributed by atoms with van der Waals surface area (Å²) in [6.07, 6.45) is 0. The molecule has 4 heteroatoms. The van der Waals surface area contributed by atoms with Gasteiger partial charge in [0.2, 0.25) is 0 Å². The fraction of sp³-hybridized carbons (Fsp3) is 0.727. The number of rotatable bonds is 2. The summed E-state index contributed by atoms with van der Waals surface area (Å²) in [6.45, 7) is 9.81. The van der Waals surface area contributed by atoms with Gasteiger partial charge in [-0.15, -0.1) is 11.3 Å². The van der Waals surface area contributed by atoms with Crippen LogP contribution in [-0.2, 0) is 6.54 Å². The molecule has 15 heavy (non-hydrogen) atoms. The zero-order chi connectivity index (χ0) is 10.8. The standard InChI is InChI=1S/C11H19N3S/c1-8-7-15-11(13-8)6-14-9(2)4-12-5-10(14)3/h7,9-10,12H,4-6H2,1-3H3/t9-,10+. The Hall–Kier alpha value is -0.450. The van der Waals surface area contributed by atoms with Gasteiger partial charge in [-0.1, -0.05) is 0 Å². The molecule has 0 unspecified atom stereocenters. The van der Waals surface area contributed by atoms with E-state index in [9.17, 15) is 0 Å². The van der Waals surface area contributed by atoms with Crippen LogP contribution in [0.4, 0.5) is 0 Å². The van der Waals surface area contributed by atoms with Gasteiger partial charge in [0.15, 0.2) is 0 Å². The number of nitrogens with zero attached hydrogens (tertiary/aromatic N) is 2. The van der Waals surface area contributed by atoms with Crippen LogP contribution in [0.25, 0.3) is 0 Å². The SMILES string of the molecule is Cc1csc(CN2[C@H](C)CNC[C@@H]2C)n1. The highest BCUT2D eigenvalue weighted by atomic mass is 32.1. The van der Waals surface area contributed by atoms with E-state index in [4.69, 9.17) is 0 Å². The van der Waals surface area contributed by atoms with Gasteiger partial charge in [0, 0.05) is 36.2 Å². The van der Waals surface area contributed by atoms with Gasteiger partial charge in [-0.05, 0) is 20.8 Å². The van der Waals surface area contributed by atoms with Crippen LogP contribution in [0.3, 0.4) is 0 Å². The van der Waals surface area contributed by atoms with Crippen LogP contribution < -0.4 is 5.32 Å². The van der Waals surface area contributed by atoms with Crippen molar-refractivity contribution in [3.63, 3.8) is 0 Å². The molecule has 0 amide bonds. The molecule has 0 bridgehead atoms. The molecule has 1 aliphatic heterocycles. The average Bonchev–Trinajstić information content (AvgIpc) is 2.58. The Morgan fingerprint density at radius 2 is 2.13 bits per heavy atom. The van der Waals surface area contributed by atoms with E-state index in [1.165, 1.54) is 5.01 Å². The van der Waals surface area contributed by atoms with Gasteiger partial charge in [0.1, 0.15) is 5.01 Å². The third-order valence-corrected chi connectivity index (χ3v) is 3.95. The van der Waals surface area contributed by atoms with Gasteiger partial charge in [0.05, 0.1) is 6.54 Å². The van der Waals surface area contributed by atoms with Crippen LogP contribution in [0.5, 0.6) is 0 Å². The van der Waals surface area contributed by atoms with Crippen molar-refractivity contribution in [3.05, 3.63) is 16.1 Å². The van der Waals surface area contributed by atoms with E-state index < -0.39 is 0 Å². The molecule has 1 aromatic heterocycles. The molecule has 0 spiro atoms. The topological polar surface area (TPSA) is 28.2 Å². The number of hydrogen-bond acceptors (Lipinski definition) is 4. The van der Waals surface area contributed by atoms with E-state index in [-0.39, 0.29) is 0 Å². The fourth-order valence-electron chi connectivity index (χ4n) is 2.11. The van der Waals surface area contributed by atoms with Gasteiger partial charge in [-0.3, -0.25) is 4.90 Å². The van der Waals surface area contributed by atoms with Gasteiger partial charge < -0.3 is 5.32 Å². The molecule has 2 rings (SSSR count). The molecule has 0 aliphatic carbocycles. The lowest BCUT2D eigenvalue weighted by Crippen LogP contribution is -2.54. The molecule has 1 aromatic rings. The van der Waals surface area contributed by atoms with E-state index in [0.717, 1.165) is 25.3 Å². The number of piperazine rings is 1. The van der Waals surface area contributed by atoms with Crippen molar-refractivity contribution < 1.29 is 0 Å². The Morgan fingerprint density at radius 3 is 2.67 bits per heavy atom. The van der Waals surface area contributed by atoms with Gasteiger partial charge in [0.25, 0.3) is 0 Å². The summed E-state index contributed by atoms with van der Waals surface area (Å²) >= 11 is 1.77. The minimum Gasteiger partial charge on any atom is -0.314 e. The predicted octanol–water partition coefficient (Wildman–Crippen LogP) is 1.63. The first-order valence-corrected chi connectivity index (χ1v) is 6.42. The summed E-state index contributed by atoms with van der Waals surface area (Å²) in [5, 5.41) is 6.82. The third kappa shape index (κ3) is 2.56. The normalized spacial score (nSPS) is 28.2. The van der Waals surface area contributed by atoms with Crippen LogP contribution in [-0.4, -0.2) is 35.1 Å². The highest BCUT2D eigenvalue weighted by Gasteiger charge is 2.24. The lowest BCUT2D eigenvalue weighted by atomic mass is 10.1. The fourth-order valence-corrected chi connectivity index (χ4v) is 2.89. The Balaban J connectivity index is 2.03. The smallest absolute Gasteiger partial charge is 0.107 e. The molecule has 1 saturated heterocycles. The maximum absolute atomic E-state index is 4.53. The van der Waals surface area contributed by atoms with Crippen molar-refractivity contribution in [2.45, 2.75) is 39.4 Å². The highest BCUT2D eigenvalue weighted by molar-refractivity contribution is 7.09. The van der Waals surface area contributed by atoms with Crippen molar-refractivity contribution in [2.24, 2.45) is 0 Å². The summed E-state index contributed by atoms with van der Waals surface area (Å²) in [6, 6.07) is 1.22. The van der Waals surface area contributed by atoms with Crippen LogP contribution in [0.15, 0.2) is 5.38 Å². The molecule has 0 radical (unpaired) electrons. The summed E-state index contributed by atoms with van der Waals surface area (Å²) in [7, 11) is 0. The van der Waals surface area contributed by atoms with E-state index in [1.807, 2.05) is 0 Å². The van der Waals surface area contributed by atoms with E-state index >= 15 is 0 Å². The zero-order valence-electron chi connectivity index (χ0n) is 9.66. The number of aromatic nitrogens is 1. The minimum absolute atomic E-state index is 0.609. The Morgan fingerprint density at radius 1 is 1.47 bits per heavy atom. The highest BCUT2D eigenvalue weighted by Crippen LogP contribution is 2.17. The molecule has 2 atom stereocenters. The molecule has 1 aliphatic rings. The van der Waals surface area contributed by atoms with E-state index in [1.54, 1.807) is 11.3 Å². The van der Waals surface area contributed by atoms with Gasteiger partial charge >= 0.3 is 0 Å². The molecule has 3 nitrogen and oxygen atoms in total. The second-order valence-corrected chi connectivity index (χ2v) is 5.35. The summed E-state index contributed by atoms with van der Waals surface area (Å²) in [5.41, 5.74) is 1.14. The van der Waals surface area contributed by atoms with E-state index in [2.05, 4.69) is 41.4 Å². The Labute approximate surface area is 95.5 Å². The number of nitrogens with one attached hydrogen (secondary N) is 1. The molecule has 84 valence electrons. The summed E-state index contributed by atoms with van der Waals surface area (Å²) in [4.78, 5) is 7.07. The Kier molecular flexibility index (Phi) is 3.38. The molecule has 1 fully saturated rings. The lowest BCUT2D eigenvalue weighted by Gasteiger charge is -2.38. The number of hydrogen-bond donors (Lipinski definition) is 1. The second kappa shape index (κ2) is 4.60. The number of aryl methyl sites for hydroxylation is 1. The molecule has 1 N–H and O–H groups in total. The molecular formula is C11H19N3S. The zero-order valence-corrected chi connectivity index (χ0v) is 10.5. The molecular weight excluding hydrogens is 206 g/mol. The first-order valence-electron chi connectivity index (χ1n) is 5.54. The first kappa shape index (κ1) is 11.0. The van der Waals surface area contributed by atoms with Gasteiger partial charge in [-0.25, -0.2) is 4.98 Å². The summed E-state index contributed by atoms with van der Waals surface area (Å²) in [5.74, 6) is 0. The number of thiazole rings is 1. The monoisotopic (exact) mass is 225 g/mol. The third-order valence-electron chi connectivity index (χ3n) is 3.00. The van der Waals surface area contributed by atoms with Gasteiger partial charge in [-0.2, -0.15) is 0 Å². The first-order chi connectivity index (χ1) is 7.16. The lowest BCUT2D eigenvalue weighted by molar-refractivity contribution is 0.108. The minimum atomic E-state index is 0.609. The predicted molar refractivity (Wildman–Crippen MR) is 64.2 cm³/mol. The van der Waals surface area contributed by atoms with Crippen molar-refractivity contribution in [3.8, 4) is 0 Å². The quantitative estimate of drug-likeness (QED) is 0.829. The summed E-state index contributed by atoms with van der Waals surface area (Å²) < 4.78 is 0. The molecule has 0 saturated carbocycles. The van der Waals surface area contributed by atoms with Crippen LogP contribution in [0.2, 0.25) is 0 Å². The molecule has 0 aromatic carbocycles. The van der Waals surface area contributed by atoms with E-state index in [0.29, 0.717) is 12.1 Å². The average molecular weight is 225 g/mol. The van der Waals surface area contributed by atoms with Crippen molar-refractivity contribution in [1.82, 2.24) is 15.2 Å². The second-order valence-electron chi connectivity index (χ2n) is 4.41. The maximum atomic E-state index is 4.53.